The molecule has 48 heavy (non-hydrogen) atoms. The lowest BCUT2D eigenvalue weighted by Gasteiger charge is -2.21. The van der Waals surface area contributed by atoms with Crippen molar-refractivity contribution in [1.29, 1.82) is 0 Å². The van der Waals surface area contributed by atoms with Crippen LogP contribution in [0.25, 0.3) is 45.3 Å². The van der Waals surface area contributed by atoms with Crippen molar-refractivity contribution >= 4 is 17.5 Å². The van der Waals surface area contributed by atoms with Crippen LogP contribution in [0.3, 0.4) is 0 Å². The molecule has 0 fully saturated rings. The fourth-order valence-electron chi connectivity index (χ4n) is 5.30. The first-order chi connectivity index (χ1) is 23.4. The second kappa shape index (κ2) is 13.4. The molecular formula is C37H25ClF2N6O2. The van der Waals surface area contributed by atoms with Gasteiger partial charge in [-0.3, -0.25) is 9.78 Å². The summed E-state index contributed by atoms with van der Waals surface area (Å²) in [6, 6.07) is 27.9. The number of halogens is 3. The van der Waals surface area contributed by atoms with E-state index in [2.05, 4.69) is 25.5 Å². The largest absolute Gasteiger partial charge is 0.416 e. The molecule has 8 nitrogen and oxygen atoms in total. The topological polar surface area (TPSA) is 98.7 Å². The zero-order chi connectivity index (χ0) is 33.0. The molecule has 4 aromatic carbocycles. The SMILES string of the molecule is O=C(N[C@@H](Cn1ccnc1)c1ccc(-c2ccc(F)cc2)cc1Cl)c1ccc(-c2nnc(-c3cc(-c4ccccn4)ccc3F)o2)cc1. The molecule has 7 aromatic rings. The molecule has 0 aliphatic carbocycles. The predicted molar refractivity (Wildman–Crippen MR) is 178 cm³/mol. The van der Waals surface area contributed by atoms with Crippen molar-refractivity contribution in [3.05, 3.63) is 156 Å². The number of hydrogen-bond donors (Lipinski definition) is 1. The third-order valence-electron chi connectivity index (χ3n) is 7.79. The van der Waals surface area contributed by atoms with Gasteiger partial charge in [-0.15, -0.1) is 10.2 Å². The lowest BCUT2D eigenvalue weighted by Crippen LogP contribution is -2.31. The molecule has 7 rings (SSSR count). The summed E-state index contributed by atoms with van der Waals surface area (Å²) in [6.07, 6.45) is 6.78. The molecular weight excluding hydrogens is 634 g/mol. The van der Waals surface area contributed by atoms with Crippen LogP contribution in [-0.2, 0) is 6.54 Å². The summed E-state index contributed by atoms with van der Waals surface area (Å²) in [5.41, 5.74) is 4.84. The van der Waals surface area contributed by atoms with Gasteiger partial charge in [-0.2, -0.15) is 0 Å². The molecule has 0 saturated carbocycles. The quantitative estimate of drug-likeness (QED) is 0.167. The first-order valence-corrected chi connectivity index (χ1v) is 15.3. The van der Waals surface area contributed by atoms with Gasteiger partial charge >= 0.3 is 0 Å². The third kappa shape index (κ3) is 6.60. The first kappa shape index (κ1) is 30.6. The second-order valence-electron chi connectivity index (χ2n) is 10.9. The molecule has 0 aliphatic heterocycles. The zero-order valence-electron chi connectivity index (χ0n) is 25.1. The minimum absolute atomic E-state index is 0.0202. The van der Waals surface area contributed by atoms with Crippen molar-refractivity contribution in [2.75, 3.05) is 0 Å². The van der Waals surface area contributed by atoms with Crippen LogP contribution in [0.1, 0.15) is 22.0 Å². The summed E-state index contributed by atoms with van der Waals surface area (Å²) in [5.74, 6) is -0.965. The van der Waals surface area contributed by atoms with E-state index in [0.29, 0.717) is 39.5 Å². The summed E-state index contributed by atoms with van der Waals surface area (Å²) in [7, 11) is 0. The second-order valence-corrected chi connectivity index (χ2v) is 11.3. The molecule has 0 spiro atoms. The molecule has 1 atom stereocenters. The Balaban J connectivity index is 1.10. The number of amides is 1. The summed E-state index contributed by atoms with van der Waals surface area (Å²) in [5, 5.41) is 11.7. The zero-order valence-corrected chi connectivity index (χ0v) is 25.9. The van der Waals surface area contributed by atoms with Crippen LogP contribution in [0.2, 0.25) is 5.02 Å². The highest BCUT2D eigenvalue weighted by Gasteiger charge is 2.21. The maximum atomic E-state index is 14.8. The molecule has 0 aliphatic rings. The number of aromatic nitrogens is 5. The maximum Gasteiger partial charge on any atom is 0.251 e. The summed E-state index contributed by atoms with van der Waals surface area (Å²) < 4.78 is 35.9. The van der Waals surface area contributed by atoms with Crippen molar-refractivity contribution in [1.82, 2.24) is 30.0 Å². The Bertz CT molecular complexity index is 2190. The van der Waals surface area contributed by atoms with Crippen molar-refractivity contribution in [2.24, 2.45) is 0 Å². The number of pyridine rings is 1. The third-order valence-corrected chi connectivity index (χ3v) is 8.12. The van der Waals surface area contributed by atoms with E-state index < -0.39 is 11.9 Å². The van der Waals surface area contributed by atoms with E-state index in [9.17, 15) is 13.6 Å². The van der Waals surface area contributed by atoms with Crippen LogP contribution in [0.5, 0.6) is 0 Å². The summed E-state index contributed by atoms with van der Waals surface area (Å²) in [6.45, 7) is 0.377. The van der Waals surface area contributed by atoms with Crippen LogP contribution in [-0.4, -0.2) is 30.6 Å². The van der Waals surface area contributed by atoms with E-state index >= 15 is 0 Å². The van der Waals surface area contributed by atoms with Crippen LogP contribution in [0, 0.1) is 11.6 Å². The smallest absolute Gasteiger partial charge is 0.251 e. The number of hydrogen-bond acceptors (Lipinski definition) is 6. The number of benzene rings is 4. The lowest BCUT2D eigenvalue weighted by atomic mass is 10.00. The summed E-state index contributed by atoms with van der Waals surface area (Å²) in [4.78, 5) is 21.9. The Morgan fingerprint density at radius 1 is 0.812 bits per heavy atom. The fraction of sp³-hybridized carbons (Fsp3) is 0.0541. The maximum absolute atomic E-state index is 14.8. The fourth-order valence-corrected chi connectivity index (χ4v) is 5.61. The molecule has 3 aromatic heterocycles. The van der Waals surface area contributed by atoms with Gasteiger partial charge in [0.15, 0.2) is 0 Å². The minimum atomic E-state index is -0.507. The van der Waals surface area contributed by atoms with Gasteiger partial charge in [0.2, 0.25) is 5.89 Å². The van der Waals surface area contributed by atoms with Crippen molar-refractivity contribution in [3.63, 3.8) is 0 Å². The Morgan fingerprint density at radius 2 is 1.56 bits per heavy atom. The standard InChI is InChI=1S/C37H25ClF2N6O2/c38-31-20-26(23-8-12-28(39)13-9-23)10-14-29(31)34(21-46-18-17-41-22-46)43-35(47)24-4-6-25(7-5-24)36-44-45-37(48-36)30-19-27(11-15-32(30)40)33-3-1-2-16-42-33/h1-20,22,34H,21H2,(H,43,47)/t34-/m0/s1. The molecule has 11 heteroatoms. The number of imidazole rings is 1. The molecule has 236 valence electrons. The molecule has 0 saturated heterocycles. The predicted octanol–water partition coefficient (Wildman–Crippen LogP) is 8.43. The molecule has 0 unspecified atom stereocenters. The van der Waals surface area contributed by atoms with Crippen LogP contribution in [0.15, 0.2) is 132 Å². The van der Waals surface area contributed by atoms with Crippen LogP contribution in [0.4, 0.5) is 8.78 Å². The number of carbonyl (C=O) groups excluding carboxylic acids is 1. The van der Waals surface area contributed by atoms with Gasteiger partial charge in [0.25, 0.3) is 11.8 Å². The number of carbonyl (C=O) groups is 1. The monoisotopic (exact) mass is 658 g/mol. The van der Waals surface area contributed by atoms with E-state index in [1.165, 1.54) is 18.2 Å². The van der Waals surface area contributed by atoms with E-state index in [-0.39, 0.29) is 29.1 Å². The Labute approximate surface area is 278 Å². The Hall–Kier alpha value is -6.00. The number of nitrogens with one attached hydrogen (secondary N) is 1. The van der Waals surface area contributed by atoms with Gasteiger partial charge in [0.05, 0.1) is 23.6 Å². The van der Waals surface area contributed by atoms with Crippen LogP contribution < -0.4 is 5.32 Å². The highest BCUT2D eigenvalue weighted by atomic mass is 35.5. The van der Waals surface area contributed by atoms with Crippen molar-refractivity contribution < 1.29 is 18.0 Å². The normalized spacial score (nSPS) is 11.7. The molecule has 0 bridgehead atoms. The molecule has 1 amide bonds. The van der Waals surface area contributed by atoms with Gasteiger partial charge < -0.3 is 14.3 Å². The lowest BCUT2D eigenvalue weighted by molar-refractivity contribution is 0.0932. The first-order valence-electron chi connectivity index (χ1n) is 14.9. The van der Waals surface area contributed by atoms with E-state index in [1.807, 2.05) is 28.8 Å². The number of rotatable bonds is 9. The van der Waals surface area contributed by atoms with Gasteiger partial charge in [-0.1, -0.05) is 41.9 Å². The highest BCUT2D eigenvalue weighted by molar-refractivity contribution is 6.31. The van der Waals surface area contributed by atoms with Gasteiger partial charge in [-0.05, 0) is 89.5 Å². The van der Waals surface area contributed by atoms with Crippen molar-refractivity contribution in [2.45, 2.75) is 12.6 Å². The Kier molecular flexibility index (Phi) is 8.55. The van der Waals surface area contributed by atoms with E-state index in [1.54, 1.807) is 85.6 Å². The highest BCUT2D eigenvalue weighted by Crippen LogP contribution is 2.32. The molecule has 3 heterocycles. The molecule has 0 radical (unpaired) electrons. The summed E-state index contributed by atoms with van der Waals surface area (Å²) >= 11 is 6.76. The number of nitrogens with zero attached hydrogens (tertiary/aromatic N) is 5. The minimum Gasteiger partial charge on any atom is -0.416 e. The van der Waals surface area contributed by atoms with E-state index in [0.717, 1.165) is 11.1 Å². The Morgan fingerprint density at radius 3 is 2.29 bits per heavy atom. The van der Waals surface area contributed by atoms with E-state index in [4.69, 9.17) is 16.0 Å². The van der Waals surface area contributed by atoms with Crippen LogP contribution >= 0.6 is 11.6 Å². The van der Waals surface area contributed by atoms with Gasteiger partial charge in [0.1, 0.15) is 11.6 Å². The van der Waals surface area contributed by atoms with Crippen molar-refractivity contribution in [3.8, 4) is 45.3 Å². The average Bonchev–Trinajstić information content (AvgIpc) is 3.82. The molecule has 1 N–H and O–H groups in total. The average molecular weight is 659 g/mol. The van der Waals surface area contributed by atoms with Gasteiger partial charge in [0, 0.05) is 46.8 Å². The van der Waals surface area contributed by atoms with Gasteiger partial charge in [-0.25, -0.2) is 13.8 Å².